The Bertz CT molecular complexity index is 2130. The van der Waals surface area contributed by atoms with E-state index in [4.69, 9.17) is 10.6 Å². The van der Waals surface area contributed by atoms with Crippen LogP contribution >= 0.6 is 0 Å². The number of nitrogens with one attached hydrogen (secondary N) is 3. The molecule has 6 rings (SSSR count). The van der Waals surface area contributed by atoms with Gasteiger partial charge in [0.05, 0.1) is 35.0 Å². The predicted molar refractivity (Wildman–Crippen MR) is 208 cm³/mol. The van der Waals surface area contributed by atoms with Crippen LogP contribution in [0.15, 0.2) is 83.5 Å². The van der Waals surface area contributed by atoms with Gasteiger partial charge in [0.1, 0.15) is 11.4 Å². The fourth-order valence-corrected chi connectivity index (χ4v) is 9.20. The van der Waals surface area contributed by atoms with Crippen LogP contribution in [0.25, 0.3) is 5.57 Å². The third kappa shape index (κ3) is 6.80. The van der Waals surface area contributed by atoms with Gasteiger partial charge in [0.25, 0.3) is 0 Å². The lowest BCUT2D eigenvalue weighted by Gasteiger charge is -2.36. The van der Waals surface area contributed by atoms with Crippen molar-refractivity contribution in [2.24, 2.45) is 17.2 Å². The summed E-state index contributed by atoms with van der Waals surface area (Å²) >= 11 is 0. The first-order valence-corrected chi connectivity index (χ1v) is 19.2. The topological polar surface area (TPSA) is 139 Å². The lowest BCUT2D eigenvalue weighted by molar-refractivity contribution is -0.124. The molecule has 273 valence electrons. The molecular weight excluding hydrogens is 673 g/mol. The van der Waals surface area contributed by atoms with Gasteiger partial charge in [0.15, 0.2) is 0 Å². The molecule has 2 aliphatic rings. The fourth-order valence-electron chi connectivity index (χ4n) is 7.53. The first-order chi connectivity index (χ1) is 24.9. The molecule has 1 aliphatic carbocycles. The number of carbonyl (C=O) groups is 1. The number of rotatable bonds is 12. The van der Waals surface area contributed by atoms with Gasteiger partial charge in [-0.3, -0.25) is 15.6 Å². The van der Waals surface area contributed by atoms with E-state index in [0.717, 1.165) is 51.1 Å². The zero-order valence-corrected chi connectivity index (χ0v) is 31.8. The molecule has 5 N–H and O–H groups in total. The van der Waals surface area contributed by atoms with E-state index in [-0.39, 0.29) is 18.4 Å². The first kappa shape index (κ1) is 37.1. The highest BCUT2D eigenvalue weighted by molar-refractivity contribution is 7.89. The van der Waals surface area contributed by atoms with Gasteiger partial charge in [-0.25, -0.2) is 8.42 Å². The number of allylic oxidation sites excluding steroid dienone is 1. The number of nitrogens with zero attached hydrogens (tertiary/aromatic N) is 2. The summed E-state index contributed by atoms with van der Waals surface area (Å²) < 4.78 is 36.4. The summed E-state index contributed by atoms with van der Waals surface area (Å²) in [6.07, 6.45) is 6.23. The maximum absolute atomic E-state index is 14.4. The van der Waals surface area contributed by atoms with Gasteiger partial charge < -0.3 is 20.8 Å². The molecule has 0 saturated heterocycles. The second kappa shape index (κ2) is 14.7. The van der Waals surface area contributed by atoms with Crippen molar-refractivity contribution in [3.63, 3.8) is 0 Å². The summed E-state index contributed by atoms with van der Waals surface area (Å²) in [5, 5.41) is 6.44. The number of ether oxygens (including phenoxy) is 1. The minimum Gasteiger partial charge on any atom is -0.494 e. The van der Waals surface area contributed by atoms with Gasteiger partial charge in [0, 0.05) is 38.2 Å². The van der Waals surface area contributed by atoms with Crippen LogP contribution in [0.5, 0.6) is 5.75 Å². The average Bonchev–Trinajstić information content (AvgIpc) is 3.93. The Morgan fingerprint density at radius 3 is 2.52 bits per heavy atom. The summed E-state index contributed by atoms with van der Waals surface area (Å²) in [5.41, 5.74) is 11.2. The van der Waals surface area contributed by atoms with Crippen LogP contribution in [0.3, 0.4) is 0 Å². The summed E-state index contributed by atoms with van der Waals surface area (Å²) in [6, 6.07) is 19.0. The monoisotopic (exact) mass is 721 g/mol. The molecule has 11 heteroatoms. The second-order valence-electron chi connectivity index (χ2n) is 14.2. The van der Waals surface area contributed by atoms with Crippen LogP contribution in [0.1, 0.15) is 73.4 Å². The SMILES string of the molecule is CCNc1c(OC)cc([C@H](c2ccc(C)c(CN3C[C@@H](CC)C4=C([CH]4)c4ccccc4S3(=O)=O)c2)C(C)(C)C(=O)Nc2cccnc2)c(C)c1NN. The van der Waals surface area contributed by atoms with Gasteiger partial charge >= 0.3 is 0 Å². The molecular formula is C41H49N6O4S. The van der Waals surface area contributed by atoms with Gasteiger partial charge in [-0.05, 0) is 96.3 Å². The lowest BCUT2D eigenvalue weighted by Crippen LogP contribution is -2.38. The molecule has 0 unspecified atom stereocenters. The number of hydrogen-bond acceptors (Lipinski definition) is 8. The number of amides is 1. The number of anilines is 3. The van der Waals surface area contributed by atoms with Crippen molar-refractivity contribution in [1.29, 1.82) is 0 Å². The van der Waals surface area contributed by atoms with Crippen LogP contribution in [-0.4, -0.2) is 43.8 Å². The molecule has 1 amide bonds. The predicted octanol–water partition coefficient (Wildman–Crippen LogP) is 7.42. The van der Waals surface area contributed by atoms with E-state index in [1.165, 1.54) is 5.57 Å². The standard InChI is InChI=1S/C41H49N6O4S/c1-8-27-23-47(52(49,50)36-15-11-10-14-31(36)34-20-33(27)34)24-29-19-28(17-16-25(29)3)37(41(5,6)40(48)45-30-13-12-18-43-22-30)32-21-35(51-7)39(44-9-2)38(46-42)26(32)4/h10-22,27,37,44,46H,8-9,23-24,42H2,1-7H3,(H,45,48)/t27-,37+/m1/s1. The van der Waals surface area contributed by atoms with Gasteiger partial charge in [-0.2, -0.15) is 4.31 Å². The maximum atomic E-state index is 14.4. The molecule has 0 bridgehead atoms. The van der Waals surface area contributed by atoms with Crippen LogP contribution in [0.2, 0.25) is 0 Å². The molecule has 0 saturated carbocycles. The molecule has 3 aromatic carbocycles. The number of hydrogen-bond donors (Lipinski definition) is 4. The fraction of sp³-hybridized carbons (Fsp3) is 0.341. The number of nitrogen functional groups attached to an aromatic ring is 1. The summed E-state index contributed by atoms with van der Waals surface area (Å²) in [7, 11) is -2.23. The largest absolute Gasteiger partial charge is 0.494 e. The number of aromatic nitrogens is 1. The van der Waals surface area contributed by atoms with E-state index >= 15 is 0 Å². The van der Waals surface area contributed by atoms with Crippen molar-refractivity contribution in [1.82, 2.24) is 9.29 Å². The quantitative estimate of drug-likeness (QED) is 0.0876. The van der Waals surface area contributed by atoms with Crippen molar-refractivity contribution < 1.29 is 17.9 Å². The van der Waals surface area contributed by atoms with Gasteiger partial charge in [-0.1, -0.05) is 62.7 Å². The number of hydrazine groups is 1. The number of pyridine rings is 1. The van der Waals surface area contributed by atoms with Crippen molar-refractivity contribution in [3.8, 4) is 5.75 Å². The van der Waals surface area contributed by atoms with Crippen LogP contribution in [-0.2, 0) is 21.4 Å². The third-order valence-corrected chi connectivity index (χ3v) is 12.4. The molecule has 52 heavy (non-hydrogen) atoms. The number of carbonyl (C=O) groups excluding carboxylic acids is 1. The molecule has 1 aliphatic heterocycles. The highest BCUT2D eigenvalue weighted by Gasteiger charge is 2.42. The number of aryl methyl sites for hydroxylation is 1. The lowest BCUT2D eigenvalue weighted by atomic mass is 9.69. The highest BCUT2D eigenvalue weighted by Crippen LogP contribution is 2.50. The van der Waals surface area contributed by atoms with Crippen LogP contribution < -0.4 is 26.6 Å². The Morgan fingerprint density at radius 1 is 1.08 bits per heavy atom. The minimum absolute atomic E-state index is 0.0945. The molecule has 2 atom stereocenters. The van der Waals surface area contributed by atoms with E-state index in [2.05, 4.69) is 40.5 Å². The Hall–Kier alpha value is -4.71. The van der Waals surface area contributed by atoms with Gasteiger partial charge in [0.2, 0.25) is 15.9 Å². The third-order valence-electron chi connectivity index (χ3n) is 10.6. The molecule has 10 nitrogen and oxygen atoms in total. The smallest absolute Gasteiger partial charge is 0.244 e. The maximum Gasteiger partial charge on any atom is 0.244 e. The minimum atomic E-state index is -3.84. The Kier molecular flexibility index (Phi) is 10.5. The van der Waals surface area contributed by atoms with Crippen LogP contribution in [0.4, 0.5) is 17.1 Å². The highest BCUT2D eigenvalue weighted by atomic mass is 32.2. The Labute approximate surface area is 307 Å². The van der Waals surface area contributed by atoms with Crippen LogP contribution in [0, 0.1) is 31.6 Å². The van der Waals surface area contributed by atoms with E-state index < -0.39 is 21.4 Å². The molecule has 1 radical (unpaired) electrons. The molecule has 4 aromatic rings. The average molecular weight is 722 g/mol. The summed E-state index contributed by atoms with van der Waals surface area (Å²) in [4.78, 5) is 18.9. The van der Waals surface area contributed by atoms with E-state index in [1.54, 1.807) is 48.1 Å². The Balaban J connectivity index is 1.49. The molecule has 0 fully saturated rings. The van der Waals surface area contributed by atoms with Gasteiger partial charge in [-0.15, -0.1) is 0 Å². The summed E-state index contributed by atoms with van der Waals surface area (Å²) in [5.74, 6) is 6.11. The normalized spacial score (nSPS) is 17.3. The van der Waals surface area contributed by atoms with E-state index in [1.807, 2.05) is 65.0 Å². The van der Waals surface area contributed by atoms with Crippen molar-refractivity contribution >= 4 is 38.6 Å². The van der Waals surface area contributed by atoms with Crippen molar-refractivity contribution in [2.45, 2.75) is 65.3 Å². The number of methoxy groups -OCH3 is 1. The van der Waals surface area contributed by atoms with E-state index in [0.29, 0.717) is 35.1 Å². The molecule has 0 spiro atoms. The second-order valence-corrected chi connectivity index (χ2v) is 16.1. The number of fused-ring (bicyclic) bond motifs is 2. The molecule has 1 aromatic heterocycles. The zero-order valence-electron chi connectivity index (χ0n) is 31.0. The van der Waals surface area contributed by atoms with Crippen molar-refractivity contribution in [2.75, 3.05) is 36.3 Å². The number of sulfonamides is 1. The molecule has 2 heterocycles. The first-order valence-electron chi connectivity index (χ1n) is 17.8. The van der Waals surface area contributed by atoms with Crippen molar-refractivity contribution in [3.05, 3.63) is 118 Å². The zero-order chi connectivity index (χ0) is 37.4. The number of nitrogens with two attached hydrogens (primary N) is 1. The Morgan fingerprint density at radius 2 is 1.85 bits per heavy atom. The number of benzene rings is 3. The summed E-state index contributed by atoms with van der Waals surface area (Å²) in [6.45, 7) is 13.1. The van der Waals surface area contributed by atoms with E-state index in [9.17, 15) is 13.2 Å².